The molecular weight excluding hydrogens is 354 g/mol. The van der Waals surface area contributed by atoms with Crippen molar-refractivity contribution < 1.29 is 16.8 Å². The van der Waals surface area contributed by atoms with Crippen LogP contribution < -0.4 is 0 Å². The Kier molecular flexibility index (Phi) is 26.8. The molecule has 0 aliphatic rings. The summed E-state index contributed by atoms with van der Waals surface area (Å²) < 4.78 is 0. The van der Waals surface area contributed by atoms with Crippen molar-refractivity contribution in [1.29, 1.82) is 0 Å². The molecule has 0 nitrogen and oxygen atoms in total. The fourth-order valence-electron chi connectivity index (χ4n) is 2.12. The molecule has 0 aliphatic carbocycles. The SMILES string of the molecule is CCCCCCPCCCCCC.[Co+2].c1cc[cH-]c1.c1cc[cH-]c1. The summed E-state index contributed by atoms with van der Waals surface area (Å²) in [5.41, 5.74) is 0. The van der Waals surface area contributed by atoms with Crippen LogP contribution in [0, 0.1) is 0 Å². The first-order chi connectivity index (χ1) is 11.4. The van der Waals surface area contributed by atoms with Crippen LogP contribution in [0.1, 0.15) is 65.2 Å². The maximum Gasteiger partial charge on any atom is 2.00 e. The third-order valence-electron chi connectivity index (χ3n) is 3.53. The molecule has 2 aromatic carbocycles. The van der Waals surface area contributed by atoms with Gasteiger partial charge in [0.2, 0.25) is 0 Å². The first-order valence-electron chi connectivity index (χ1n) is 9.45. The monoisotopic (exact) mass is 391 g/mol. The minimum atomic E-state index is 0. The summed E-state index contributed by atoms with van der Waals surface area (Å²) >= 11 is 0. The van der Waals surface area contributed by atoms with Crippen LogP contribution in [0.5, 0.6) is 0 Å². The smallest absolute Gasteiger partial charge is 0.214 e. The van der Waals surface area contributed by atoms with E-state index in [1.54, 1.807) is 0 Å². The second-order valence-electron chi connectivity index (χ2n) is 5.80. The molecule has 0 heterocycles. The fourth-order valence-corrected chi connectivity index (χ4v) is 3.37. The topological polar surface area (TPSA) is 0 Å². The van der Waals surface area contributed by atoms with Gasteiger partial charge in [0.25, 0.3) is 0 Å². The van der Waals surface area contributed by atoms with Crippen LogP contribution in [0.15, 0.2) is 60.7 Å². The summed E-state index contributed by atoms with van der Waals surface area (Å²) in [5, 5.41) is 0. The van der Waals surface area contributed by atoms with Gasteiger partial charge in [-0.25, -0.2) is 24.3 Å². The zero-order valence-corrected chi connectivity index (χ0v) is 17.7. The first kappa shape index (κ1) is 25.9. The van der Waals surface area contributed by atoms with Gasteiger partial charge >= 0.3 is 16.8 Å². The van der Waals surface area contributed by atoms with Crippen molar-refractivity contribution in [3.63, 3.8) is 0 Å². The number of hydrogen-bond acceptors (Lipinski definition) is 0. The first-order valence-corrected chi connectivity index (χ1v) is 10.9. The van der Waals surface area contributed by atoms with E-state index in [0.29, 0.717) is 0 Å². The van der Waals surface area contributed by atoms with E-state index >= 15 is 0 Å². The molecule has 0 saturated carbocycles. The molecular formula is C22H37CoP. The summed E-state index contributed by atoms with van der Waals surface area (Å²) in [5.74, 6) is 0. The van der Waals surface area contributed by atoms with Crippen LogP contribution in [0.25, 0.3) is 0 Å². The molecule has 0 amide bonds. The van der Waals surface area contributed by atoms with E-state index in [2.05, 4.69) is 13.8 Å². The van der Waals surface area contributed by atoms with Gasteiger partial charge in [0.15, 0.2) is 0 Å². The molecule has 0 bridgehead atoms. The van der Waals surface area contributed by atoms with E-state index < -0.39 is 0 Å². The van der Waals surface area contributed by atoms with E-state index in [9.17, 15) is 0 Å². The predicted octanol–water partition coefficient (Wildman–Crippen LogP) is 7.63. The maximum atomic E-state index is 2.28. The predicted molar refractivity (Wildman–Crippen MR) is 110 cm³/mol. The molecule has 0 saturated heterocycles. The quantitative estimate of drug-likeness (QED) is 0.222. The van der Waals surface area contributed by atoms with Crippen molar-refractivity contribution in [3.05, 3.63) is 60.7 Å². The Morgan fingerprint density at radius 3 is 1.21 bits per heavy atom. The van der Waals surface area contributed by atoms with Crippen LogP contribution in [-0.2, 0) is 16.8 Å². The van der Waals surface area contributed by atoms with Crippen LogP contribution in [0.3, 0.4) is 0 Å². The molecule has 0 N–H and O–H groups in total. The van der Waals surface area contributed by atoms with Gasteiger partial charge in [0, 0.05) is 0 Å². The minimum Gasteiger partial charge on any atom is -0.214 e. The maximum absolute atomic E-state index is 2.28. The molecule has 2 rings (SSSR count). The minimum absolute atomic E-state index is 0. The normalized spacial score (nSPS) is 9.08. The van der Waals surface area contributed by atoms with Gasteiger partial charge in [-0.2, -0.15) is 36.4 Å². The molecule has 0 unspecified atom stereocenters. The second kappa shape index (κ2) is 24.9. The van der Waals surface area contributed by atoms with Gasteiger partial charge in [-0.1, -0.05) is 52.4 Å². The van der Waals surface area contributed by atoms with Gasteiger partial charge in [0.05, 0.1) is 0 Å². The van der Waals surface area contributed by atoms with E-state index in [-0.39, 0.29) is 16.8 Å². The van der Waals surface area contributed by atoms with Crippen molar-refractivity contribution in [2.24, 2.45) is 0 Å². The van der Waals surface area contributed by atoms with E-state index in [1.165, 1.54) is 72.3 Å². The Bertz CT molecular complexity index is 283. The summed E-state index contributed by atoms with van der Waals surface area (Å²) in [4.78, 5) is 0. The van der Waals surface area contributed by atoms with Gasteiger partial charge in [-0.05, 0) is 25.2 Å². The van der Waals surface area contributed by atoms with E-state index in [1.807, 2.05) is 60.7 Å². The molecule has 1 radical (unpaired) electrons. The van der Waals surface area contributed by atoms with Crippen LogP contribution >= 0.6 is 8.58 Å². The number of hydrogen-bond donors (Lipinski definition) is 0. The molecule has 24 heavy (non-hydrogen) atoms. The molecule has 0 fully saturated rings. The van der Waals surface area contributed by atoms with Crippen molar-refractivity contribution in [2.45, 2.75) is 65.2 Å². The standard InChI is InChI=1S/C12H27P.2C5H5.Co/c1-3-5-7-9-11-13-12-10-8-6-4-2;2*1-2-4-5-3-1;/h13H,3-12H2,1-2H3;2*1-5H;/q;2*-1;+2. The van der Waals surface area contributed by atoms with Crippen LogP contribution in [0.2, 0.25) is 0 Å². The fraction of sp³-hybridized carbons (Fsp3) is 0.545. The van der Waals surface area contributed by atoms with Crippen molar-refractivity contribution in [1.82, 2.24) is 0 Å². The Hall–Kier alpha value is -0.364. The summed E-state index contributed by atoms with van der Waals surface area (Å²) in [6.45, 7) is 4.57. The largest absolute Gasteiger partial charge is 2.00 e. The zero-order valence-electron chi connectivity index (χ0n) is 15.7. The number of unbranched alkanes of at least 4 members (excludes halogenated alkanes) is 6. The molecule has 139 valence electrons. The summed E-state index contributed by atoms with van der Waals surface area (Å²) in [6, 6.07) is 20.0. The Balaban J connectivity index is 0. The van der Waals surface area contributed by atoms with Crippen LogP contribution in [0.4, 0.5) is 0 Å². The Morgan fingerprint density at radius 1 is 0.583 bits per heavy atom. The Labute approximate surface area is 163 Å². The average molecular weight is 391 g/mol. The van der Waals surface area contributed by atoms with Crippen LogP contribution in [-0.4, -0.2) is 12.3 Å². The summed E-state index contributed by atoms with van der Waals surface area (Å²) in [6.07, 6.45) is 14.6. The molecule has 0 spiro atoms. The summed E-state index contributed by atoms with van der Waals surface area (Å²) in [7, 11) is 1.25. The molecule has 0 atom stereocenters. The van der Waals surface area contributed by atoms with Crippen molar-refractivity contribution in [2.75, 3.05) is 12.3 Å². The second-order valence-corrected chi connectivity index (χ2v) is 7.30. The zero-order chi connectivity index (χ0) is 16.8. The van der Waals surface area contributed by atoms with Crippen molar-refractivity contribution in [3.8, 4) is 0 Å². The third-order valence-corrected chi connectivity index (χ3v) is 4.94. The molecule has 0 aliphatic heterocycles. The van der Waals surface area contributed by atoms with Crippen molar-refractivity contribution >= 4 is 8.58 Å². The van der Waals surface area contributed by atoms with Gasteiger partial charge < -0.3 is 0 Å². The van der Waals surface area contributed by atoms with Gasteiger partial charge in [-0.15, -0.1) is 8.58 Å². The van der Waals surface area contributed by atoms with Gasteiger partial charge in [-0.3, -0.25) is 0 Å². The van der Waals surface area contributed by atoms with Gasteiger partial charge in [0.1, 0.15) is 0 Å². The van der Waals surface area contributed by atoms with E-state index in [0.717, 1.165) is 0 Å². The molecule has 2 aromatic rings. The molecule has 0 aromatic heterocycles. The average Bonchev–Trinajstić information content (AvgIpc) is 3.31. The molecule has 2 heteroatoms. The van der Waals surface area contributed by atoms with E-state index in [4.69, 9.17) is 0 Å². The third kappa shape index (κ3) is 23.9. The number of rotatable bonds is 10. The Morgan fingerprint density at radius 2 is 0.958 bits per heavy atom.